The van der Waals surface area contributed by atoms with Crippen LogP contribution in [0.3, 0.4) is 0 Å². The molecule has 3 aromatic carbocycles. The fourth-order valence-corrected chi connectivity index (χ4v) is 6.71. The molecule has 1 aliphatic rings. The van der Waals surface area contributed by atoms with Crippen molar-refractivity contribution in [2.24, 2.45) is 0 Å². The third-order valence-corrected chi connectivity index (χ3v) is 8.37. The molecule has 0 saturated carbocycles. The second kappa shape index (κ2) is 8.71. The minimum atomic E-state index is -1.64. The average Bonchev–Trinajstić information content (AvgIpc) is 2.78. The lowest BCUT2D eigenvalue weighted by atomic mass is 9.72. The summed E-state index contributed by atoms with van der Waals surface area (Å²) < 4.78 is 6.86. The third-order valence-electron chi connectivity index (χ3n) is 6.18. The zero-order valence-corrected chi connectivity index (χ0v) is 19.5. The summed E-state index contributed by atoms with van der Waals surface area (Å²) in [6, 6.07) is 26.8. The van der Waals surface area contributed by atoms with Gasteiger partial charge in [-0.2, -0.15) is 0 Å². The Morgan fingerprint density at radius 1 is 0.903 bits per heavy atom. The first-order chi connectivity index (χ1) is 14.8. The molecule has 1 radical (unpaired) electrons. The van der Waals surface area contributed by atoms with Crippen molar-refractivity contribution in [1.82, 2.24) is 0 Å². The quantitative estimate of drug-likeness (QED) is 0.608. The molecule has 1 unspecified atom stereocenters. The van der Waals surface area contributed by atoms with Crippen molar-refractivity contribution in [2.45, 2.75) is 50.7 Å². The Kier molecular flexibility index (Phi) is 6.17. The largest absolute Gasteiger partial charge is 0.397 e. The molecule has 0 heterocycles. The highest BCUT2D eigenvalue weighted by Crippen LogP contribution is 2.43. The molecule has 3 aromatic rings. The van der Waals surface area contributed by atoms with Gasteiger partial charge < -0.3 is 14.6 Å². The predicted molar refractivity (Wildman–Crippen MR) is 127 cm³/mol. The fraction of sp³-hybridized carbons (Fsp3) is 0.333. The van der Waals surface area contributed by atoms with E-state index >= 15 is 0 Å². The lowest BCUT2D eigenvalue weighted by Crippen LogP contribution is -2.52. The molecule has 2 N–H and O–H groups in total. The van der Waals surface area contributed by atoms with Crippen LogP contribution in [0.2, 0.25) is 0 Å². The van der Waals surface area contributed by atoms with E-state index in [0.29, 0.717) is 6.42 Å². The number of fused-ring (bicyclic) bond motifs is 1. The van der Waals surface area contributed by atoms with Crippen LogP contribution >= 0.6 is 0 Å². The maximum atomic E-state index is 11.5. The van der Waals surface area contributed by atoms with Gasteiger partial charge in [0.15, 0.2) is 0 Å². The van der Waals surface area contributed by atoms with Gasteiger partial charge in [-0.25, -0.2) is 0 Å². The van der Waals surface area contributed by atoms with Crippen molar-refractivity contribution in [1.29, 1.82) is 0 Å². The summed E-state index contributed by atoms with van der Waals surface area (Å²) in [5.41, 5.74) is 2.23. The van der Waals surface area contributed by atoms with Gasteiger partial charge in [0, 0.05) is 0 Å². The number of benzene rings is 3. The highest BCUT2D eigenvalue weighted by Gasteiger charge is 2.45. The zero-order valence-electron chi connectivity index (χ0n) is 18.5. The van der Waals surface area contributed by atoms with Crippen LogP contribution in [0.1, 0.15) is 50.0 Å². The van der Waals surface area contributed by atoms with Crippen LogP contribution in [0.4, 0.5) is 0 Å². The summed E-state index contributed by atoms with van der Waals surface area (Å²) >= 11 is 0. The van der Waals surface area contributed by atoms with E-state index in [2.05, 4.69) is 63.2 Å². The van der Waals surface area contributed by atoms with Crippen LogP contribution in [-0.2, 0) is 16.3 Å². The second-order valence-corrected chi connectivity index (χ2v) is 11.5. The first kappa shape index (κ1) is 22.0. The van der Waals surface area contributed by atoms with Crippen molar-refractivity contribution in [2.75, 3.05) is 6.61 Å². The highest BCUT2D eigenvalue weighted by atomic mass is 28.3. The van der Waals surface area contributed by atoms with E-state index in [0.717, 1.165) is 22.4 Å². The lowest BCUT2D eigenvalue weighted by molar-refractivity contribution is -0.107. The lowest BCUT2D eigenvalue weighted by Gasteiger charge is -2.43. The maximum Gasteiger partial charge on any atom is 0.283 e. The molecule has 0 bridgehead atoms. The van der Waals surface area contributed by atoms with E-state index in [9.17, 15) is 10.2 Å². The molecule has 0 saturated heterocycles. The summed E-state index contributed by atoms with van der Waals surface area (Å²) in [5.74, 6) is 0. The molecule has 0 spiro atoms. The van der Waals surface area contributed by atoms with E-state index in [1.807, 2.05) is 36.4 Å². The Labute approximate surface area is 187 Å². The fourth-order valence-electron chi connectivity index (χ4n) is 4.53. The normalized spacial score (nSPS) is 21.2. The van der Waals surface area contributed by atoms with Gasteiger partial charge in [0.1, 0.15) is 11.7 Å². The Balaban J connectivity index is 1.83. The van der Waals surface area contributed by atoms with Gasteiger partial charge in [0.05, 0.1) is 6.61 Å². The van der Waals surface area contributed by atoms with Crippen LogP contribution in [0.5, 0.6) is 0 Å². The number of aliphatic hydroxyl groups is 2. The molecule has 31 heavy (non-hydrogen) atoms. The molecule has 0 fully saturated rings. The Morgan fingerprint density at radius 3 is 2.00 bits per heavy atom. The van der Waals surface area contributed by atoms with Crippen LogP contribution in [0.15, 0.2) is 78.9 Å². The van der Waals surface area contributed by atoms with Crippen molar-refractivity contribution >= 4 is 19.4 Å². The Morgan fingerprint density at radius 2 is 1.48 bits per heavy atom. The molecule has 4 rings (SSSR count). The summed E-state index contributed by atoms with van der Waals surface area (Å²) in [6.07, 6.45) is 0.628. The van der Waals surface area contributed by atoms with Crippen LogP contribution in [0, 0.1) is 0 Å². The van der Waals surface area contributed by atoms with Gasteiger partial charge in [-0.05, 0) is 45.3 Å². The van der Waals surface area contributed by atoms with E-state index in [-0.39, 0.29) is 12.0 Å². The van der Waals surface area contributed by atoms with Gasteiger partial charge in [-0.1, -0.05) is 99.6 Å². The van der Waals surface area contributed by atoms with Gasteiger partial charge >= 0.3 is 0 Å². The summed E-state index contributed by atoms with van der Waals surface area (Å²) in [4.78, 5) is 0. The van der Waals surface area contributed by atoms with E-state index in [1.165, 1.54) is 11.1 Å². The van der Waals surface area contributed by atoms with Crippen molar-refractivity contribution in [3.8, 4) is 0 Å². The SMILES string of the molecule is CC(C)(C)c1cccc2c1CC[C@@](O)(CO)C2O[Si](c1ccccc1)c1ccccc1. The third kappa shape index (κ3) is 4.39. The zero-order chi connectivity index (χ0) is 22.1. The Bertz CT molecular complexity index is 974. The van der Waals surface area contributed by atoms with Crippen molar-refractivity contribution < 1.29 is 14.6 Å². The van der Waals surface area contributed by atoms with Crippen LogP contribution in [-0.4, -0.2) is 31.5 Å². The van der Waals surface area contributed by atoms with Crippen LogP contribution in [0.25, 0.3) is 0 Å². The number of hydrogen-bond acceptors (Lipinski definition) is 3. The standard InChI is InChI=1S/C27H31O3Si/c1-26(2,3)24-16-10-15-23-22(24)17-18-27(29,19-28)25(23)30-31(20-11-6-4-7-12-20)21-13-8-5-9-14-21/h4-16,25,28-29H,17-19H2,1-3H3/t25?,27-/m1/s1. The molecule has 3 nitrogen and oxygen atoms in total. The minimum Gasteiger partial charge on any atom is -0.397 e. The number of rotatable bonds is 5. The highest BCUT2D eigenvalue weighted by molar-refractivity contribution is 6.80. The molecule has 4 heteroatoms. The topological polar surface area (TPSA) is 49.7 Å². The smallest absolute Gasteiger partial charge is 0.283 e. The molecular weight excluding hydrogens is 400 g/mol. The molecule has 0 amide bonds. The number of hydrogen-bond donors (Lipinski definition) is 2. The molecular formula is C27H31O3Si. The molecule has 1 aliphatic carbocycles. The summed E-state index contributed by atoms with van der Waals surface area (Å²) in [7, 11) is -1.64. The average molecular weight is 432 g/mol. The molecule has 161 valence electrons. The Hall–Kier alpha value is -2.24. The molecule has 0 aliphatic heterocycles. The monoisotopic (exact) mass is 431 g/mol. The van der Waals surface area contributed by atoms with Gasteiger partial charge in [-0.15, -0.1) is 0 Å². The van der Waals surface area contributed by atoms with Gasteiger partial charge in [0.25, 0.3) is 9.04 Å². The van der Waals surface area contributed by atoms with Crippen LogP contribution < -0.4 is 10.4 Å². The minimum absolute atomic E-state index is 0.00277. The van der Waals surface area contributed by atoms with E-state index < -0.39 is 20.7 Å². The molecule has 2 atom stereocenters. The van der Waals surface area contributed by atoms with E-state index in [1.54, 1.807) is 0 Å². The second-order valence-electron chi connectivity index (χ2n) is 9.44. The first-order valence-electron chi connectivity index (χ1n) is 10.9. The van der Waals surface area contributed by atoms with E-state index in [4.69, 9.17) is 4.43 Å². The summed E-state index contributed by atoms with van der Waals surface area (Å²) in [5, 5.41) is 23.9. The predicted octanol–water partition coefficient (Wildman–Crippen LogP) is 3.52. The number of aliphatic hydroxyl groups excluding tert-OH is 1. The van der Waals surface area contributed by atoms with Gasteiger partial charge in [0.2, 0.25) is 0 Å². The maximum absolute atomic E-state index is 11.5. The first-order valence-corrected chi connectivity index (χ1v) is 12.3. The van der Waals surface area contributed by atoms with Crippen molar-refractivity contribution in [3.63, 3.8) is 0 Å². The summed E-state index contributed by atoms with van der Waals surface area (Å²) in [6.45, 7) is 6.33. The van der Waals surface area contributed by atoms with Crippen molar-refractivity contribution in [3.05, 3.63) is 95.6 Å². The molecule has 0 aromatic heterocycles. The van der Waals surface area contributed by atoms with Gasteiger partial charge in [-0.3, -0.25) is 0 Å².